The molecule has 2 aromatic rings. The lowest BCUT2D eigenvalue weighted by atomic mass is 10.1. The van der Waals surface area contributed by atoms with Crippen LogP contribution in [0.1, 0.15) is 16.8 Å². The molecule has 0 radical (unpaired) electrons. The average molecular weight is 287 g/mol. The molecule has 0 spiro atoms. The van der Waals surface area contributed by atoms with E-state index in [0.717, 1.165) is 17.0 Å². The predicted molar refractivity (Wildman–Crippen MR) is 81.2 cm³/mol. The molecule has 0 aliphatic heterocycles. The molecule has 1 heterocycles. The Morgan fingerprint density at radius 2 is 2.14 bits per heavy atom. The molecular formula is C16H21N3O2. The van der Waals surface area contributed by atoms with Crippen molar-refractivity contribution in [3.8, 4) is 5.75 Å². The first-order valence-corrected chi connectivity index (χ1v) is 6.99. The van der Waals surface area contributed by atoms with Crippen LogP contribution in [0.4, 0.5) is 0 Å². The smallest absolute Gasteiger partial charge is 0.122 e. The Morgan fingerprint density at radius 3 is 2.86 bits per heavy atom. The lowest BCUT2D eigenvalue weighted by Crippen LogP contribution is -2.31. The maximum atomic E-state index is 9.91. The van der Waals surface area contributed by atoms with E-state index in [0.29, 0.717) is 13.1 Å². The third-order valence-electron chi connectivity index (χ3n) is 3.09. The van der Waals surface area contributed by atoms with Crippen molar-refractivity contribution in [2.75, 3.05) is 13.2 Å². The lowest BCUT2D eigenvalue weighted by molar-refractivity contribution is 0.106. The zero-order chi connectivity index (χ0) is 15.1. The van der Waals surface area contributed by atoms with E-state index in [1.54, 1.807) is 6.20 Å². The van der Waals surface area contributed by atoms with E-state index >= 15 is 0 Å². The van der Waals surface area contributed by atoms with Crippen molar-refractivity contribution < 1.29 is 9.84 Å². The summed E-state index contributed by atoms with van der Waals surface area (Å²) in [5, 5.41) is 13.1. The summed E-state index contributed by atoms with van der Waals surface area (Å²) >= 11 is 0. The largest absolute Gasteiger partial charge is 0.491 e. The summed E-state index contributed by atoms with van der Waals surface area (Å²) in [5.41, 5.74) is 3.18. The lowest BCUT2D eigenvalue weighted by Gasteiger charge is -2.14. The maximum absolute atomic E-state index is 9.91. The topological polar surface area (TPSA) is 67.3 Å². The summed E-state index contributed by atoms with van der Waals surface area (Å²) < 4.78 is 5.64. The molecule has 0 aliphatic rings. The Balaban J connectivity index is 1.71. The Labute approximate surface area is 125 Å². The van der Waals surface area contributed by atoms with E-state index in [4.69, 9.17) is 4.74 Å². The van der Waals surface area contributed by atoms with E-state index in [1.807, 2.05) is 32.0 Å². The molecule has 0 amide bonds. The van der Waals surface area contributed by atoms with Crippen LogP contribution in [0.25, 0.3) is 0 Å². The van der Waals surface area contributed by atoms with E-state index in [9.17, 15) is 5.11 Å². The molecule has 2 rings (SSSR count). The first-order chi connectivity index (χ1) is 10.1. The molecule has 0 bridgehead atoms. The van der Waals surface area contributed by atoms with Gasteiger partial charge in [-0.25, -0.2) is 9.97 Å². The fourth-order valence-corrected chi connectivity index (χ4v) is 2.00. The molecule has 1 atom stereocenters. The van der Waals surface area contributed by atoms with E-state index in [-0.39, 0.29) is 6.61 Å². The minimum atomic E-state index is -0.562. The summed E-state index contributed by atoms with van der Waals surface area (Å²) in [5.74, 6) is 0.815. The summed E-state index contributed by atoms with van der Waals surface area (Å²) in [7, 11) is 0. The molecule has 0 aliphatic carbocycles. The highest BCUT2D eigenvalue weighted by Gasteiger charge is 2.06. The summed E-state index contributed by atoms with van der Waals surface area (Å²) in [6.07, 6.45) is 2.65. The van der Waals surface area contributed by atoms with Gasteiger partial charge in [-0.2, -0.15) is 0 Å². The highest BCUT2D eigenvalue weighted by atomic mass is 16.5. The number of aryl methyl sites for hydroxylation is 2. The number of aliphatic hydroxyl groups excluding tert-OH is 1. The second kappa shape index (κ2) is 7.71. The van der Waals surface area contributed by atoms with E-state index in [2.05, 4.69) is 21.4 Å². The standard InChI is InChI=1S/C16H21N3O2/c1-12-3-4-16(13(2)7-12)21-10-15(20)9-18-8-14-5-6-17-11-19-14/h3-7,11,15,18,20H,8-10H2,1-2H3. The molecule has 5 nitrogen and oxygen atoms in total. The Kier molecular flexibility index (Phi) is 5.66. The number of aliphatic hydroxyl groups is 1. The summed E-state index contributed by atoms with van der Waals surface area (Å²) in [6, 6.07) is 7.84. The molecule has 21 heavy (non-hydrogen) atoms. The van der Waals surface area contributed by atoms with Crippen molar-refractivity contribution in [3.05, 3.63) is 53.6 Å². The Bertz CT molecular complexity index is 561. The van der Waals surface area contributed by atoms with Gasteiger partial charge in [-0.05, 0) is 31.5 Å². The molecule has 5 heteroatoms. The van der Waals surface area contributed by atoms with Crippen LogP contribution in [0.5, 0.6) is 5.75 Å². The molecule has 112 valence electrons. The second-order valence-electron chi connectivity index (χ2n) is 5.07. The van der Waals surface area contributed by atoms with Gasteiger partial charge in [0.15, 0.2) is 0 Å². The van der Waals surface area contributed by atoms with Crippen molar-refractivity contribution in [1.82, 2.24) is 15.3 Å². The molecular weight excluding hydrogens is 266 g/mol. The fraction of sp³-hybridized carbons (Fsp3) is 0.375. The molecule has 1 unspecified atom stereocenters. The number of hydrogen-bond acceptors (Lipinski definition) is 5. The number of ether oxygens (including phenoxy) is 1. The van der Waals surface area contributed by atoms with Crippen LogP contribution >= 0.6 is 0 Å². The monoisotopic (exact) mass is 287 g/mol. The maximum Gasteiger partial charge on any atom is 0.122 e. The van der Waals surface area contributed by atoms with Gasteiger partial charge >= 0.3 is 0 Å². The second-order valence-corrected chi connectivity index (χ2v) is 5.07. The third kappa shape index (κ3) is 5.13. The highest BCUT2D eigenvalue weighted by Crippen LogP contribution is 2.18. The molecule has 0 saturated carbocycles. The van der Waals surface area contributed by atoms with Crippen LogP contribution in [0.15, 0.2) is 36.8 Å². The zero-order valence-electron chi connectivity index (χ0n) is 12.4. The van der Waals surface area contributed by atoms with Gasteiger partial charge in [0.25, 0.3) is 0 Å². The van der Waals surface area contributed by atoms with Gasteiger partial charge < -0.3 is 15.2 Å². The van der Waals surface area contributed by atoms with Crippen molar-refractivity contribution in [2.24, 2.45) is 0 Å². The number of nitrogens with zero attached hydrogens (tertiary/aromatic N) is 2. The molecule has 0 saturated heterocycles. The number of benzene rings is 1. The summed E-state index contributed by atoms with van der Waals surface area (Å²) in [6.45, 7) is 5.36. The van der Waals surface area contributed by atoms with Crippen molar-refractivity contribution in [2.45, 2.75) is 26.5 Å². The van der Waals surface area contributed by atoms with Crippen LogP contribution in [-0.4, -0.2) is 34.3 Å². The highest BCUT2D eigenvalue weighted by molar-refractivity contribution is 5.35. The first-order valence-electron chi connectivity index (χ1n) is 6.99. The van der Waals surface area contributed by atoms with Crippen LogP contribution in [-0.2, 0) is 6.54 Å². The van der Waals surface area contributed by atoms with Gasteiger partial charge in [0.05, 0.1) is 5.69 Å². The van der Waals surface area contributed by atoms with Gasteiger partial charge in [-0.15, -0.1) is 0 Å². The Morgan fingerprint density at radius 1 is 1.29 bits per heavy atom. The van der Waals surface area contributed by atoms with Crippen molar-refractivity contribution in [1.29, 1.82) is 0 Å². The van der Waals surface area contributed by atoms with Crippen LogP contribution in [0.3, 0.4) is 0 Å². The zero-order valence-corrected chi connectivity index (χ0v) is 12.4. The first kappa shape index (κ1) is 15.4. The number of rotatable bonds is 7. The Hall–Kier alpha value is -1.98. The van der Waals surface area contributed by atoms with Crippen LogP contribution in [0, 0.1) is 13.8 Å². The summed E-state index contributed by atoms with van der Waals surface area (Å²) in [4.78, 5) is 7.96. The van der Waals surface area contributed by atoms with Gasteiger partial charge in [-0.1, -0.05) is 17.7 Å². The molecule has 1 aromatic heterocycles. The SMILES string of the molecule is Cc1ccc(OCC(O)CNCc2ccncn2)c(C)c1. The average Bonchev–Trinajstić information content (AvgIpc) is 2.47. The van der Waals surface area contributed by atoms with E-state index < -0.39 is 6.10 Å². The number of hydrogen-bond donors (Lipinski definition) is 2. The third-order valence-corrected chi connectivity index (χ3v) is 3.09. The molecule has 1 aromatic carbocycles. The van der Waals surface area contributed by atoms with Gasteiger partial charge in [0.1, 0.15) is 24.8 Å². The van der Waals surface area contributed by atoms with Gasteiger partial charge in [0.2, 0.25) is 0 Å². The van der Waals surface area contributed by atoms with Crippen LogP contribution < -0.4 is 10.1 Å². The quantitative estimate of drug-likeness (QED) is 0.810. The van der Waals surface area contributed by atoms with Crippen molar-refractivity contribution >= 4 is 0 Å². The normalized spacial score (nSPS) is 12.1. The van der Waals surface area contributed by atoms with Gasteiger partial charge in [0, 0.05) is 19.3 Å². The number of aromatic nitrogens is 2. The number of nitrogens with one attached hydrogen (secondary N) is 1. The predicted octanol–water partition coefficient (Wildman–Crippen LogP) is 1.62. The molecule has 0 fully saturated rings. The van der Waals surface area contributed by atoms with Crippen molar-refractivity contribution in [3.63, 3.8) is 0 Å². The van der Waals surface area contributed by atoms with E-state index in [1.165, 1.54) is 11.9 Å². The molecule has 2 N–H and O–H groups in total. The fourth-order valence-electron chi connectivity index (χ4n) is 2.00. The van der Waals surface area contributed by atoms with Gasteiger partial charge in [-0.3, -0.25) is 0 Å². The minimum Gasteiger partial charge on any atom is -0.491 e. The minimum absolute atomic E-state index is 0.265. The van der Waals surface area contributed by atoms with Crippen LogP contribution in [0.2, 0.25) is 0 Å².